The zero-order valence-corrected chi connectivity index (χ0v) is 16.9. The van der Waals surface area contributed by atoms with E-state index in [1.165, 1.54) is 11.3 Å². The van der Waals surface area contributed by atoms with Crippen molar-refractivity contribution < 1.29 is 14.3 Å². The second kappa shape index (κ2) is 10.2. The number of ether oxygens (including phenoxy) is 2. The van der Waals surface area contributed by atoms with E-state index in [-0.39, 0.29) is 6.09 Å². The van der Waals surface area contributed by atoms with Crippen LogP contribution in [0.4, 0.5) is 10.5 Å². The van der Waals surface area contributed by atoms with E-state index in [9.17, 15) is 4.79 Å². The van der Waals surface area contributed by atoms with Gasteiger partial charge in [0.15, 0.2) is 5.96 Å². The first kappa shape index (κ1) is 20.3. The second-order valence-corrected chi connectivity index (χ2v) is 6.84. The smallest absolute Gasteiger partial charge is 0.409 e. The van der Waals surface area contributed by atoms with E-state index >= 15 is 0 Å². The average Bonchev–Trinajstić information content (AvgIpc) is 2.76. The van der Waals surface area contributed by atoms with Gasteiger partial charge in [-0.15, -0.1) is 0 Å². The lowest BCUT2D eigenvalue weighted by atomic mass is 10.2. The standard InChI is InChI=1S/C20H31N5O3/c1-3-28-20(26)25-10-8-24(9-11-25)19(21-2)22-16-17-4-6-18(7-5-17)23-12-14-27-15-13-23/h4-7H,3,8-16H2,1-2H3,(H,21,22). The summed E-state index contributed by atoms with van der Waals surface area (Å²) in [5, 5.41) is 3.43. The van der Waals surface area contributed by atoms with Crippen molar-refractivity contribution in [2.75, 3.05) is 71.0 Å². The van der Waals surface area contributed by atoms with Gasteiger partial charge in [-0.2, -0.15) is 0 Å². The van der Waals surface area contributed by atoms with Crippen LogP contribution in [0.1, 0.15) is 12.5 Å². The van der Waals surface area contributed by atoms with E-state index in [0.717, 1.165) is 45.4 Å². The highest BCUT2D eigenvalue weighted by Crippen LogP contribution is 2.16. The maximum Gasteiger partial charge on any atom is 0.409 e. The number of nitrogens with zero attached hydrogens (tertiary/aromatic N) is 4. The maximum atomic E-state index is 11.8. The Bertz CT molecular complexity index is 650. The van der Waals surface area contributed by atoms with Gasteiger partial charge in [0.1, 0.15) is 0 Å². The largest absolute Gasteiger partial charge is 0.450 e. The number of guanidine groups is 1. The molecule has 8 nitrogen and oxygen atoms in total. The van der Waals surface area contributed by atoms with Crippen molar-refractivity contribution in [1.82, 2.24) is 15.1 Å². The number of morpholine rings is 1. The highest BCUT2D eigenvalue weighted by atomic mass is 16.6. The van der Waals surface area contributed by atoms with Crippen molar-refractivity contribution in [2.24, 2.45) is 4.99 Å². The van der Waals surface area contributed by atoms with Crippen molar-refractivity contribution >= 4 is 17.7 Å². The molecular weight excluding hydrogens is 358 g/mol. The highest BCUT2D eigenvalue weighted by Gasteiger charge is 2.23. The van der Waals surface area contributed by atoms with Gasteiger partial charge in [0.25, 0.3) is 0 Å². The van der Waals surface area contributed by atoms with Crippen molar-refractivity contribution in [1.29, 1.82) is 0 Å². The molecule has 0 unspecified atom stereocenters. The Morgan fingerprint density at radius 3 is 2.32 bits per heavy atom. The Morgan fingerprint density at radius 2 is 1.71 bits per heavy atom. The fraction of sp³-hybridized carbons (Fsp3) is 0.600. The fourth-order valence-electron chi connectivity index (χ4n) is 3.48. The number of nitrogens with one attached hydrogen (secondary N) is 1. The summed E-state index contributed by atoms with van der Waals surface area (Å²) in [5.41, 5.74) is 2.45. The van der Waals surface area contributed by atoms with Crippen LogP contribution in [0.15, 0.2) is 29.3 Å². The Hall–Kier alpha value is -2.48. The first-order valence-corrected chi connectivity index (χ1v) is 10.00. The van der Waals surface area contributed by atoms with E-state index in [1.54, 1.807) is 11.9 Å². The monoisotopic (exact) mass is 389 g/mol. The van der Waals surface area contributed by atoms with Crippen molar-refractivity contribution in [3.63, 3.8) is 0 Å². The van der Waals surface area contributed by atoms with Gasteiger partial charge in [0.05, 0.1) is 19.8 Å². The summed E-state index contributed by atoms with van der Waals surface area (Å²) in [6, 6.07) is 8.65. The van der Waals surface area contributed by atoms with Crippen LogP contribution in [-0.2, 0) is 16.0 Å². The number of piperazine rings is 1. The molecule has 154 valence electrons. The Kier molecular flexibility index (Phi) is 7.36. The Morgan fingerprint density at radius 1 is 1.07 bits per heavy atom. The lowest BCUT2D eigenvalue weighted by molar-refractivity contribution is 0.0914. The third-order valence-electron chi connectivity index (χ3n) is 5.08. The Balaban J connectivity index is 1.47. The van der Waals surface area contributed by atoms with Crippen LogP contribution in [0.2, 0.25) is 0 Å². The lowest BCUT2D eigenvalue weighted by Crippen LogP contribution is -2.53. The molecule has 2 saturated heterocycles. The summed E-state index contributed by atoms with van der Waals surface area (Å²) in [7, 11) is 1.79. The fourth-order valence-corrected chi connectivity index (χ4v) is 3.48. The molecule has 1 N–H and O–H groups in total. The minimum absolute atomic E-state index is 0.231. The molecule has 2 aliphatic rings. The summed E-state index contributed by atoms with van der Waals surface area (Å²) >= 11 is 0. The lowest BCUT2D eigenvalue weighted by Gasteiger charge is -2.35. The summed E-state index contributed by atoms with van der Waals surface area (Å²) in [5.74, 6) is 0.862. The normalized spacial score (nSPS) is 18.2. The highest BCUT2D eigenvalue weighted by molar-refractivity contribution is 5.80. The van der Waals surface area contributed by atoms with Gasteiger partial charge in [-0.1, -0.05) is 12.1 Å². The molecule has 3 rings (SSSR count). The molecule has 0 saturated carbocycles. The summed E-state index contributed by atoms with van der Waals surface area (Å²) in [6.07, 6.45) is -0.231. The average molecular weight is 390 g/mol. The summed E-state index contributed by atoms with van der Waals surface area (Å²) in [6.45, 7) is 9.22. The number of hydrogen-bond acceptors (Lipinski definition) is 5. The predicted octanol–water partition coefficient (Wildman–Crippen LogP) is 1.37. The zero-order valence-electron chi connectivity index (χ0n) is 16.9. The molecule has 8 heteroatoms. The first-order chi connectivity index (χ1) is 13.7. The van der Waals surface area contributed by atoms with Gasteiger partial charge in [-0.25, -0.2) is 4.79 Å². The quantitative estimate of drug-likeness (QED) is 0.620. The number of hydrogen-bond donors (Lipinski definition) is 1. The molecule has 0 spiro atoms. The molecule has 0 atom stereocenters. The number of amides is 1. The van der Waals surface area contributed by atoms with Crippen LogP contribution in [0.5, 0.6) is 0 Å². The number of carbonyl (C=O) groups excluding carboxylic acids is 1. The van der Waals surface area contributed by atoms with Gasteiger partial charge < -0.3 is 29.5 Å². The van der Waals surface area contributed by atoms with Crippen molar-refractivity contribution in [3.8, 4) is 0 Å². The molecule has 1 aromatic rings. The molecular formula is C20H31N5O3. The maximum absolute atomic E-state index is 11.8. The first-order valence-electron chi connectivity index (χ1n) is 10.00. The van der Waals surface area contributed by atoms with E-state index < -0.39 is 0 Å². The molecule has 28 heavy (non-hydrogen) atoms. The summed E-state index contributed by atoms with van der Waals surface area (Å²) < 4.78 is 10.5. The van der Waals surface area contributed by atoms with Crippen molar-refractivity contribution in [3.05, 3.63) is 29.8 Å². The van der Waals surface area contributed by atoms with Crippen LogP contribution in [0.3, 0.4) is 0 Å². The van der Waals surface area contributed by atoms with E-state index in [2.05, 4.69) is 44.4 Å². The van der Waals surface area contributed by atoms with Crippen LogP contribution < -0.4 is 10.2 Å². The van der Waals surface area contributed by atoms with Gasteiger partial charge in [0, 0.05) is 58.5 Å². The van der Waals surface area contributed by atoms with Crippen LogP contribution in [-0.4, -0.2) is 88.0 Å². The van der Waals surface area contributed by atoms with Gasteiger partial charge in [-0.05, 0) is 24.6 Å². The molecule has 1 amide bonds. The molecule has 0 aromatic heterocycles. The number of aliphatic imine (C=N–C) groups is 1. The van der Waals surface area contributed by atoms with Crippen LogP contribution in [0.25, 0.3) is 0 Å². The van der Waals surface area contributed by atoms with Crippen LogP contribution >= 0.6 is 0 Å². The van der Waals surface area contributed by atoms with Gasteiger partial charge in [0.2, 0.25) is 0 Å². The van der Waals surface area contributed by atoms with Crippen LogP contribution in [0, 0.1) is 0 Å². The van der Waals surface area contributed by atoms with E-state index in [0.29, 0.717) is 26.2 Å². The molecule has 1 aromatic carbocycles. The Labute approximate surface area is 167 Å². The summed E-state index contributed by atoms with van der Waals surface area (Å²) in [4.78, 5) is 22.5. The topological polar surface area (TPSA) is 69.6 Å². The van der Waals surface area contributed by atoms with Gasteiger partial charge >= 0.3 is 6.09 Å². The second-order valence-electron chi connectivity index (χ2n) is 6.84. The third kappa shape index (κ3) is 5.28. The minimum atomic E-state index is -0.231. The minimum Gasteiger partial charge on any atom is -0.450 e. The molecule has 2 aliphatic heterocycles. The molecule has 2 fully saturated rings. The number of carbonyl (C=O) groups is 1. The SMILES string of the molecule is CCOC(=O)N1CCN(C(=NC)NCc2ccc(N3CCOCC3)cc2)CC1. The molecule has 0 bridgehead atoms. The number of benzene rings is 1. The van der Waals surface area contributed by atoms with Gasteiger partial charge in [-0.3, -0.25) is 4.99 Å². The van der Waals surface area contributed by atoms with Crippen molar-refractivity contribution in [2.45, 2.75) is 13.5 Å². The number of anilines is 1. The molecule has 2 heterocycles. The third-order valence-corrected chi connectivity index (χ3v) is 5.08. The zero-order chi connectivity index (χ0) is 19.8. The molecule has 0 radical (unpaired) electrons. The van der Waals surface area contributed by atoms with E-state index in [1.807, 2.05) is 6.92 Å². The molecule has 0 aliphatic carbocycles. The predicted molar refractivity (Wildman–Crippen MR) is 110 cm³/mol. The van der Waals surface area contributed by atoms with E-state index in [4.69, 9.17) is 9.47 Å². The number of rotatable bonds is 4.